The SMILES string of the molecule is C[C@@H]1CCCN1Cc1cc(-c2nc(-c3cc(F)c4c(c3)CCNC4=O)c(N)nc2F)ccc1C1CCOCC1. The molecular weight excluding hydrogens is 500 g/mol. The molecule has 6 rings (SSSR count). The van der Waals surface area contributed by atoms with E-state index in [9.17, 15) is 9.18 Å². The van der Waals surface area contributed by atoms with Gasteiger partial charge in [-0.15, -0.1) is 0 Å². The van der Waals surface area contributed by atoms with Gasteiger partial charge in [0.1, 0.15) is 17.2 Å². The molecule has 0 bridgehead atoms. The predicted octanol–water partition coefficient (Wildman–Crippen LogP) is 4.84. The molecule has 3 aliphatic rings. The maximum Gasteiger partial charge on any atom is 0.254 e. The summed E-state index contributed by atoms with van der Waals surface area (Å²) in [5, 5.41) is 2.66. The number of carbonyl (C=O) groups is 1. The Morgan fingerprint density at radius 3 is 2.67 bits per heavy atom. The molecular formula is C30H33F2N5O2. The molecule has 0 aliphatic carbocycles. The topological polar surface area (TPSA) is 93.4 Å². The van der Waals surface area contributed by atoms with Gasteiger partial charge in [0.05, 0.1) is 5.56 Å². The van der Waals surface area contributed by atoms with Gasteiger partial charge in [-0.3, -0.25) is 9.69 Å². The number of rotatable bonds is 5. The van der Waals surface area contributed by atoms with Gasteiger partial charge in [-0.25, -0.2) is 9.37 Å². The van der Waals surface area contributed by atoms with Crippen LogP contribution in [0, 0.1) is 11.8 Å². The van der Waals surface area contributed by atoms with Gasteiger partial charge < -0.3 is 15.8 Å². The van der Waals surface area contributed by atoms with Crippen molar-refractivity contribution >= 4 is 11.7 Å². The molecule has 204 valence electrons. The van der Waals surface area contributed by atoms with Crippen molar-refractivity contribution in [3.8, 4) is 22.5 Å². The molecule has 3 aromatic rings. The summed E-state index contributed by atoms with van der Waals surface area (Å²) < 4.78 is 35.8. The number of hydrogen-bond donors (Lipinski definition) is 2. The third-order valence-corrected chi connectivity index (χ3v) is 8.37. The number of ether oxygens (including phenoxy) is 1. The first-order valence-electron chi connectivity index (χ1n) is 13.8. The molecule has 1 amide bonds. The molecule has 7 nitrogen and oxygen atoms in total. The molecule has 0 unspecified atom stereocenters. The summed E-state index contributed by atoms with van der Waals surface area (Å²) in [7, 11) is 0. The Hall–Kier alpha value is -3.43. The van der Waals surface area contributed by atoms with Crippen LogP contribution in [0.5, 0.6) is 0 Å². The van der Waals surface area contributed by atoms with Crippen molar-refractivity contribution in [2.45, 2.75) is 57.5 Å². The van der Waals surface area contributed by atoms with E-state index in [0.717, 1.165) is 39.1 Å². The third kappa shape index (κ3) is 5.01. The molecule has 3 N–H and O–H groups in total. The largest absolute Gasteiger partial charge is 0.382 e. The molecule has 4 heterocycles. The highest BCUT2D eigenvalue weighted by Crippen LogP contribution is 2.36. The molecule has 1 atom stereocenters. The molecule has 1 aromatic heterocycles. The van der Waals surface area contributed by atoms with Crippen molar-refractivity contribution < 1.29 is 18.3 Å². The number of carbonyl (C=O) groups excluding carboxylic acids is 1. The van der Waals surface area contributed by atoms with E-state index in [-0.39, 0.29) is 22.8 Å². The highest BCUT2D eigenvalue weighted by molar-refractivity contribution is 5.97. The number of nitrogens with one attached hydrogen (secondary N) is 1. The number of nitrogen functional groups attached to an aromatic ring is 1. The van der Waals surface area contributed by atoms with Gasteiger partial charge in [0.25, 0.3) is 5.91 Å². The second-order valence-corrected chi connectivity index (χ2v) is 10.9. The van der Waals surface area contributed by atoms with Crippen LogP contribution >= 0.6 is 0 Å². The molecule has 0 radical (unpaired) electrons. The maximum absolute atomic E-state index is 15.3. The quantitative estimate of drug-likeness (QED) is 0.488. The fourth-order valence-corrected chi connectivity index (χ4v) is 6.22. The Balaban J connectivity index is 1.42. The minimum absolute atomic E-state index is 0.0309. The lowest BCUT2D eigenvalue weighted by Gasteiger charge is -2.28. The number of amides is 1. The van der Waals surface area contributed by atoms with Gasteiger partial charge in [0, 0.05) is 43.5 Å². The number of anilines is 1. The minimum Gasteiger partial charge on any atom is -0.382 e. The number of fused-ring (bicyclic) bond motifs is 1. The van der Waals surface area contributed by atoms with E-state index < -0.39 is 17.7 Å². The number of halogens is 2. The van der Waals surface area contributed by atoms with Crippen LogP contribution in [0.2, 0.25) is 0 Å². The highest BCUT2D eigenvalue weighted by atomic mass is 19.1. The van der Waals surface area contributed by atoms with Crippen molar-refractivity contribution in [3.05, 3.63) is 64.4 Å². The predicted molar refractivity (Wildman–Crippen MR) is 145 cm³/mol. The van der Waals surface area contributed by atoms with Gasteiger partial charge in [0.2, 0.25) is 5.95 Å². The van der Waals surface area contributed by atoms with E-state index in [0.29, 0.717) is 41.6 Å². The molecule has 0 saturated carbocycles. The fraction of sp³-hybridized carbons (Fsp3) is 0.433. The third-order valence-electron chi connectivity index (χ3n) is 8.37. The summed E-state index contributed by atoms with van der Waals surface area (Å²) in [6.07, 6.45) is 4.76. The number of aromatic nitrogens is 2. The van der Waals surface area contributed by atoms with Crippen molar-refractivity contribution in [3.63, 3.8) is 0 Å². The van der Waals surface area contributed by atoms with Crippen LogP contribution in [0.4, 0.5) is 14.6 Å². The summed E-state index contributed by atoms with van der Waals surface area (Å²) in [5.74, 6) is -1.60. The lowest BCUT2D eigenvalue weighted by atomic mass is 9.86. The first kappa shape index (κ1) is 25.8. The number of nitrogens with zero attached hydrogens (tertiary/aromatic N) is 3. The Morgan fingerprint density at radius 1 is 1.08 bits per heavy atom. The Kier molecular flexibility index (Phi) is 7.03. The van der Waals surface area contributed by atoms with Gasteiger partial charge >= 0.3 is 0 Å². The standard InChI is InChI=1S/C30H33F2N5O2/c1-17-3-2-10-37(17)16-22-14-20(4-5-23(22)18-7-11-39-12-8-18)26-28(32)36-29(33)27(35-26)21-13-19-6-9-34-30(38)25(19)24(31)15-21/h4-5,13-15,17-18H,2-3,6-12,16H2,1H3,(H2,33,36)(H,34,38)/t17-/m1/s1. The zero-order chi connectivity index (χ0) is 27.1. The lowest BCUT2D eigenvalue weighted by Crippen LogP contribution is -2.32. The fourth-order valence-electron chi connectivity index (χ4n) is 6.22. The number of hydrogen-bond acceptors (Lipinski definition) is 6. The van der Waals surface area contributed by atoms with Crippen LogP contribution in [0.15, 0.2) is 30.3 Å². The minimum atomic E-state index is -0.770. The van der Waals surface area contributed by atoms with Gasteiger partial charge in [0.15, 0.2) is 5.82 Å². The van der Waals surface area contributed by atoms with Gasteiger partial charge in [-0.05, 0) is 86.4 Å². The Labute approximate surface area is 226 Å². The number of likely N-dealkylation sites (tertiary alicyclic amines) is 1. The lowest BCUT2D eigenvalue weighted by molar-refractivity contribution is 0.0849. The van der Waals surface area contributed by atoms with Crippen molar-refractivity contribution in [2.75, 3.05) is 32.0 Å². The van der Waals surface area contributed by atoms with Crippen LogP contribution < -0.4 is 11.1 Å². The number of nitrogens with two attached hydrogens (primary N) is 1. The molecule has 9 heteroatoms. The first-order valence-corrected chi connectivity index (χ1v) is 13.8. The monoisotopic (exact) mass is 533 g/mol. The Morgan fingerprint density at radius 2 is 1.90 bits per heavy atom. The summed E-state index contributed by atoms with van der Waals surface area (Å²) in [6, 6.07) is 9.44. The Bertz CT molecular complexity index is 1420. The molecule has 0 spiro atoms. The number of benzene rings is 2. The second-order valence-electron chi connectivity index (χ2n) is 10.9. The molecule has 2 fully saturated rings. The van der Waals surface area contributed by atoms with E-state index in [2.05, 4.69) is 33.2 Å². The van der Waals surface area contributed by atoms with Crippen LogP contribution in [0.3, 0.4) is 0 Å². The van der Waals surface area contributed by atoms with E-state index in [1.54, 1.807) is 6.07 Å². The average Bonchev–Trinajstić information content (AvgIpc) is 3.33. The average molecular weight is 534 g/mol. The summed E-state index contributed by atoms with van der Waals surface area (Å²) >= 11 is 0. The van der Waals surface area contributed by atoms with Crippen LogP contribution in [-0.4, -0.2) is 53.1 Å². The van der Waals surface area contributed by atoms with Crippen LogP contribution in [-0.2, 0) is 17.7 Å². The van der Waals surface area contributed by atoms with Crippen molar-refractivity contribution in [2.24, 2.45) is 0 Å². The zero-order valence-corrected chi connectivity index (χ0v) is 22.1. The highest BCUT2D eigenvalue weighted by Gasteiger charge is 2.27. The zero-order valence-electron chi connectivity index (χ0n) is 22.1. The van der Waals surface area contributed by atoms with Crippen molar-refractivity contribution in [1.29, 1.82) is 0 Å². The van der Waals surface area contributed by atoms with Crippen LogP contribution in [0.1, 0.15) is 65.6 Å². The summed E-state index contributed by atoms with van der Waals surface area (Å²) in [4.78, 5) is 23.2. The molecule has 2 saturated heterocycles. The van der Waals surface area contributed by atoms with Crippen molar-refractivity contribution in [1.82, 2.24) is 20.2 Å². The summed E-state index contributed by atoms with van der Waals surface area (Å²) in [6.45, 7) is 5.99. The van der Waals surface area contributed by atoms with E-state index in [1.807, 2.05) is 12.1 Å². The van der Waals surface area contributed by atoms with Crippen LogP contribution in [0.25, 0.3) is 22.5 Å². The summed E-state index contributed by atoms with van der Waals surface area (Å²) in [5.41, 5.74) is 10.4. The van der Waals surface area contributed by atoms with E-state index in [1.165, 1.54) is 30.0 Å². The second kappa shape index (κ2) is 10.6. The van der Waals surface area contributed by atoms with E-state index >= 15 is 4.39 Å². The van der Waals surface area contributed by atoms with Gasteiger partial charge in [-0.1, -0.05) is 12.1 Å². The van der Waals surface area contributed by atoms with Gasteiger partial charge in [-0.2, -0.15) is 9.37 Å². The smallest absolute Gasteiger partial charge is 0.254 e. The molecule has 2 aromatic carbocycles. The molecule has 3 aliphatic heterocycles. The van der Waals surface area contributed by atoms with E-state index in [4.69, 9.17) is 10.5 Å². The maximum atomic E-state index is 15.3. The molecule has 39 heavy (non-hydrogen) atoms. The normalized spacial score (nSPS) is 20.2. The first-order chi connectivity index (χ1) is 18.9.